The van der Waals surface area contributed by atoms with Crippen LogP contribution in [0.3, 0.4) is 0 Å². The summed E-state index contributed by atoms with van der Waals surface area (Å²) in [5.74, 6) is 3.40. The summed E-state index contributed by atoms with van der Waals surface area (Å²) >= 11 is 0. The molecule has 0 fully saturated rings. The van der Waals surface area contributed by atoms with E-state index in [9.17, 15) is 14.7 Å². The molecule has 116 heavy (non-hydrogen) atoms. The van der Waals surface area contributed by atoms with Crippen LogP contribution in [0, 0.1) is 55.4 Å². The summed E-state index contributed by atoms with van der Waals surface area (Å²) in [5, 5.41) is 25.5. The third kappa shape index (κ3) is 16.6. The van der Waals surface area contributed by atoms with Crippen LogP contribution in [-0.4, -0.2) is 105 Å². The zero-order chi connectivity index (χ0) is 81.0. The van der Waals surface area contributed by atoms with Crippen molar-refractivity contribution in [2.75, 3.05) is 47.7 Å². The summed E-state index contributed by atoms with van der Waals surface area (Å²) in [4.78, 5) is 65.9. The second-order valence-corrected chi connectivity index (χ2v) is 28.7. The van der Waals surface area contributed by atoms with E-state index in [-0.39, 0.29) is 19.3 Å². The van der Waals surface area contributed by atoms with Gasteiger partial charge in [0.1, 0.15) is 35.2 Å². The number of nitrogens with one attached hydrogen (secondary N) is 8. The Bertz CT molecular complexity index is 6910. The van der Waals surface area contributed by atoms with Crippen molar-refractivity contribution in [3.05, 3.63) is 312 Å². The van der Waals surface area contributed by atoms with E-state index in [0.29, 0.717) is 30.0 Å². The summed E-state index contributed by atoms with van der Waals surface area (Å²) < 4.78 is 39.4. The van der Waals surface area contributed by atoms with E-state index in [1.807, 2.05) is 167 Å². The van der Waals surface area contributed by atoms with Crippen LogP contribution < -0.4 is 92.8 Å². The molecule has 13 heterocycles. The molecular weight excluding hydrogens is 1460 g/mol. The molecule has 13 aromatic rings. The number of rotatable bonds is 16. The second-order valence-electron chi connectivity index (χ2n) is 28.7. The maximum atomic E-state index is 11.5. The van der Waals surface area contributed by atoms with Crippen molar-refractivity contribution in [1.82, 2.24) is 39.5 Å². The number of aliphatic imine (C=N–C) groups is 1. The Morgan fingerprint density at radius 1 is 0.509 bits per heavy atom. The summed E-state index contributed by atoms with van der Waals surface area (Å²) in [6.07, 6.45) is 17.3. The number of aromatic amines is 7. The standard InChI is InChI=1S/C26H24N4O.C24H25N3O3.C22H21N3O3.C21H19N3O3/c1-16-12-17(2)27-22(16)14-25-24(28-19-8-10-20(31-3)11-9-19)15-26(30-25)23-13-18-6-4-5-7-21(18)29-23;1-14-17(9-10-24(28)30-4)15(2)25-19(14)12-22-23(29-3)13-21(27-22)20-11-16-7-5-6-8-18(16)26-20;1-13-8-14(2)23-16(13)10-18-21(28-3)11-17(24-18)20-9-15-6-4-5-7-19(15)25(20)12-22(26)27;1-11-4-12(2)22-14(11)7-18-19(25-3)9-17(24-18)16-5-13-6-20-21(27-10-26-20)8-15(13)23-16/h4-15,27-28,30H,1-3H3;5-8,11-13,25,27H,9-10H2,1-4H3;4-11,23H,12H2,1-3H3,(H,26,27);4-9,22,24H,10H2,1-3H3/b25-14-,26-23?;21-20?,22-12-;18-10-;17-16?,18-7-. The highest BCUT2D eigenvalue weighted by atomic mass is 16.7. The third-order valence-corrected chi connectivity index (χ3v) is 20.6. The lowest BCUT2D eigenvalue weighted by Crippen LogP contribution is -2.20. The number of allylic oxidation sites excluding steroid dienone is 1. The third-order valence-electron chi connectivity index (χ3n) is 20.6. The van der Waals surface area contributed by atoms with Crippen LogP contribution in [0.15, 0.2) is 189 Å². The number of carbonyl (C=O) groups is 2. The maximum absolute atomic E-state index is 11.5. The lowest BCUT2D eigenvalue weighted by Gasteiger charge is -2.06. The summed E-state index contributed by atoms with van der Waals surface area (Å²) in [7, 11) is 8.03. The van der Waals surface area contributed by atoms with Crippen LogP contribution in [-0.2, 0) is 32.0 Å². The van der Waals surface area contributed by atoms with Crippen molar-refractivity contribution in [3.8, 4) is 28.7 Å². The Labute approximate surface area is 666 Å². The fourth-order valence-electron chi connectivity index (χ4n) is 14.8. The smallest absolute Gasteiger partial charge is 0.323 e. The first-order chi connectivity index (χ1) is 56.1. The van der Waals surface area contributed by atoms with E-state index in [4.69, 9.17) is 53.1 Å². The van der Waals surface area contributed by atoms with Gasteiger partial charge in [-0.2, -0.15) is 0 Å². The number of aryl methyl sites for hydroxylation is 7. The van der Waals surface area contributed by atoms with Gasteiger partial charge in [-0.25, -0.2) is 20.0 Å². The zero-order valence-electron chi connectivity index (χ0n) is 66.7. The summed E-state index contributed by atoms with van der Waals surface area (Å²) in [6.45, 7) is 16.6. The Kier molecular flexibility index (Phi) is 21.9. The number of para-hydroxylation sites is 3. The highest BCUT2D eigenvalue weighted by Gasteiger charge is 2.24. The largest absolute Gasteiger partial charge is 0.497 e. The van der Waals surface area contributed by atoms with Crippen molar-refractivity contribution >= 4 is 99.6 Å². The normalized spacial score (nSPS) is 15.4. The fraction of sp³-hybridized carbons (Fsp3) is 0.183. The Hall–Kier alpha value is -14.5. The predicted octanol–water partition coefficient (Wildman–Crippen LogP) is 8.68. The van der Waals surface area contributed by atoms with Crippen LogP contribution in [0.5, 0.6) is 28.7 Å². The Balaban J connectivity index is 0.000000122. The van der Waals surface area contributed by atoms with Crippen LogP contribution in [0.2, 0.25) is 0 Å². The van der Waals surface area contributed by atoms with E-state index < -0.39 is 5.97 Å². The van der Waals surface area contributed by atoms with Crippen molar-refractivity contribution in [2.45, 2.75) is 74.8 Å². The molecule has 23 heteroatoms. The summed E-state index contributed by atoms with van der Waals surface area (Å²) in [6, 6.07) is 50.1. The number of hydrogen-bond acceptors (Lipinski definition) is 14. The highest BCUT2D eigenvalue weighted by Crippen LogP contribution is 2.31. The van der Waals surface area contributed by atoms with Gasteiger partial charge < -0.3 is 83.0 Å². The molecule has 586 valence electrons. The van der Waals surface area contributed by atoms with Crippen molar-refractivity contribution in [2.24, 2.45) is 20.0 Å². The van der Waals surface area contributed by atoms with Crippen molar-refractivity contribution in [1.29, 1.82) is 0 Å². The number of H-pyrrole nitrogens is 7. The lowest BCUT2D eigenvalue weighted by atomic mass is 10.0. The minimum atomic E-state index is -0.898. The van der Waals surface area contributed by atoms with Gasteiger partial charge in [0.2, 0.25) is 6.79 Å². The predicted molar refractivity (Wildman–Crippen MR) is 452 cm³/mol. The zero-order valence-corrected chi connectivity index (χ0v) is 66.7. The van der Waals surface area contributed by atoms with E-state index >= 15 is 0 Å². The topological polar surface area (TPSA) is 296 Å². The first kappa shape index (κ1) is 76.9. The molecule has 0 aliphatic carbocycles. The maximum Gasteiger partial charge on any atom is 0.323 e. The molecule has 0 unspecified atom stereocenters. The lowest BCUT2D eigenvalue weighted by molar-refractivity contribution is -0.140. The van der Waals surface area contributed by atoms with Gasteiger partial charge in [-0.15, -0.1) is 0 Å². The molecule has 5 aromatic carbocycles. The molecule has 0 saturated heterocycles. The average Bonchev–Trinajstić information content (AvgIpc) is 1.70. The minimum absolute atomic E-state index is 0.133. The molecule has 0 radical (unpaired) electrons. The van der Waals surface area contributed by atoms with Crippen LogP contribution in [0.25, 0.3) is 70.5 Å². The van der Waals surface area contributed by atoms with E-state index in [1.165, 1.54) is 18.2 Å². The van der Waals surface area contributed by atoms with Crippen LogP contribution in [0.1, 0.15) is 85.5 Å². The number of carboxylic acids is 1. The molecule has 0 bridgehead atoms. The van der Waals surface area contributed by atoms with Crippen molar-refractivity contribution < 1.29 is 47.9 Å². The molecule has 0 saturated carbocycles. The number of fused-ring (bicyclic) bond motifs is 5. The van der Waals surface area contributed by atoms with Crippen molar-refractivity contribution in [3.63, 3.8) is 0 Å². The molecular formula is C93H89N13O10. The quantitative estimate of drug-likeness (QED) is 0.0412. The van der Waals surface area contributed by atoms with Gasteiger partial charge in [-0.05, 0) is 211 Å². The number of benzene rings is 5. The van der Waals surface area contributed by atoms with Gasteiger partial charge in [0.05, 0.1) is 118 Å². The molecule has 0 atom stereocenters. The number of esters is 1. The van der Waals surface area contributed by atoms with Gasteiger partial charge in [0, 0.05) is 108 Å². The van der Waals surface area contributed by atoms with Crippen LogP contribution in [0.4, 0.5) is 11.4 Å². The number of anilines is 2. The van der Waals surface area contributed by atoms with Gasteiger partial charge in [-0.3, -0.25) is 9.59 Å². The van der Waals surface area contributed by atoms with Gasteiger partial charge in [0.15, 0.2) is 11.5 Å². The average molecular weight is 1550 g/mol. The number of carboxylic acid groups (broad SMARTS) is 1. The Morgan fingerprint density at radius 2 is 1.03 bits per heavy atom. The first-order valence-electron chi connectivity index (χ1n) is 37.9. The van der Waals surface area contributed by atoms with E-state index in [2.05, 4.69) is 129 Å². The number of carbonyl (C=O) groups excluding carboxylic acids is 1. The SMILES string of the molecule is COC(=O)CCc1c(C)[nH]c(/C=c2\[nH]c(=C3C=c4ccccc4=N3)cc2OC)c1C.COC1=CC(c2cc3ccccc3n2CC(=O)O)=N/C1=C\c1[nH]c(C)cc1C.COc1cc(=C2C=c3cc4c(cc3=N2)OCO4)[nH]/c1=C\c1[nH]c(C)cc1C.COc1ccc(Nc2cc(=C3C=c4ccccc4=N3)[nH]/c2=C\c2[nH]c(C)cc2C)cc1. The molecule has 18 rings (SSSR count). The van der Waals surface area contributed by atoms with Gasteiger partial charge in [-0.1, -0.05) is 54.6 Å². The van der Waals surface area contributed by atoms with Gasteiger partial charge in [0.25, 0.3) is 0 Å². The molecule has 5 aliphatic heterocycles. The van der Waals surface area contributed by atoms with E-state index in [0.717, 1.165) is 200 Å². The molecule has 8 aromatic heterocycles. The molecule has 0 amide bonds. The summed E-state index contributed by atoms with van der Waals surface area (Å²) in [5.41, 5.74) is 21.9. The number of aliphatic carboxylic acids is 1. The van der Waals surface area contributed by atoms with E-state index in [1.54, 1.807) is 33.0 Å². The number of hydrogen-bond donors (Lipinski definition) is 9. The number of ether oxygens (including phenoxy) is 7. The molecule has 5 aliphatic rings. The monoisotopic (exact) mass is 1550 g/mol. The van der Waals surface area contributed by atoms with Gasteiger partial charge >= 0.3 is 11.9 Å². The minimum Gasteiger partial charge on any atom is -0.497 e. The second kappa shape index (κ2) is 33.1. The first-order valence-corrected chi connectivity index (χ1v) is 37.9. The van der Waals surface area contributed by atoms with Crippen LogP contribution >= 0.6 is 0 Å². The number of methoxy groups -OCH3 is 5. The molecule has 23 nitrogen and oxygen atoms in total. The Morgan fingerprint density at radius 3 is 1.59 bits per heavy atom. The molecule has 9 N–H and O–H groups in total. The number of nitrogens with zero attached hydrogens (tertiary/aromatic N) is 5. The number of aromatic nitrogens is 8. The fourth-order valence-corrected chi connectivity index (χ4v) is 14.8. The highest BCUT2D eigenvalue weighted by molar-refractivity contribution is 6.13. The molecule has 0 spiro atoms.